The fourth-order valence-electron chi connectivity index (χ4n) is 4.85. The van der Waals surface area contributed by atoms with Crippen LogP contribution in [0.2, 0.25) is 0 Å². The molecule has 5 heterocycles. The quantitative estimate of drug-likeness (QED) is 0.290. The summed E-state index contributed by atoms with van der Waals surface area (Å²) in [5.41, 5.74) is 4.61. The van der Waals surface area contributed by atoms with E-state index in [9.17, 15) is 4.79 Å². The van der Waals surface area contributed by atoms with Crippen molar-refractivity contribution in [1.29, 1.82) is 0 Å². The standard InChI is InChI=1S/C26H24N4O2S2/c1-14-12-18(16(3)33-14)21-13-19(23-15(2)29-32-24(23)27-21)26(31)30-10-8-17(9-11-30)25-28-20-6-4-5-7-22(20)34-25/h4-7,12-13,17H,8-11H2,1-3H3. The number of aryl methyl sites for hydroxylation is 3. The van der Waals surface area contributed by atoms with Crippen LogP contribution in [0.25, 0.3) is 32.6 Å². The van der Waals surface area contributed by atoms with Gasteiger partial charge in [0.25, 0.3) is 11.6 Å². The van der Waals surface area contributed by atoms with Gasteiger partial charge in [-0.3, -0.25) is 4.79 Å². The molecule has 0 spiro atoms. The normalized spacial score (nSPS) is 15.0. The van der Waals surface area contributed by atoms with Crippen LogP contribution in [0.1, 0.15) is 49.6 Å². The molecule has 0 unspecified atom stereocenters. The molecule has 6 nitrogen and oxygen atoms in total. The second-order valence-electron chi connectivity index (χ2n) is 8.92. The van der Waals surface area contributed by atoms with E-state index in [1.807, 2.05) is 24.0 Å². The second kappa shape index (κ2) is 8.29. The third-order valence-electron chi connectivity index (χ3n) is 6.61. The maximum Gasteiger partial charge on any atom is 0.259 e. The van der Waals surface area contributed by atoms with Crippen LogP contribution in [0.15, 0.2) is 40.9 Å². The molecule has 0 radical (unpaired) electrons. The monoisotopic (exact) mass is 488 g/mol. The fourth-order valence-corrected chi connectivity index (χ4v) is 6.92. The van der Waals surface area contributed by atoms with Gasteiger partial charge in [-0.2, -0.15) is 0 Å². The number of para-hydroxylation sites is 1. The van der Waals surface area contributed by atoms with Crippen molar-refractivity contribution in [2.75, 3.05) is 13.1 Å². The van der Waals surface area contributed by atoms with Crippen LogP contribution in [0.5, 0.6) is 0 Å². The number of hydrogen-bond acceptors (Lipinski definition) is 7. The number of hydrogen-bond donors (Lipinski definition) is 0. The second-order valence-corrected chi connectivity index (χ2v) is 11.4. The van der Waals surface area contributed by atoms with Gasteiger partial charge in [0.1, 0.15) is 0 Å². The molecule has 0 bridgehead atoms. The smallest absolute Gasteiger partial charge is 0.259 e. The number of fused-ring (bicyclic) bond motifs is 2. The Labute approximate surface area is 205 Å². The van der Waals surface area contributed by atoms with Crippen LogP contribution in [0.3, 0.4) is 0 Å². The van der Waals surface area contributed by atoms with E-state index in [0.717, 1.165) is 29.6 Å². The molecule has 0 saturated carbocycles. The number of piperidine rings is 1. The van der Waals surface area contributed by atoms with Gasteiger partial charge in [-0.1, -0.05) is 17.3 Å². The Kier molecular flexibility index (Phi) is 5.22. The van der Waals surface area contributed by atoms with Crippen LogP contribution in [0, 0.1) is 20.8 Å². The molecule has 0 N–H and O–H groups in total. The first-order valence-corrected chi connectivity index (χ1v) is 13.1. The van der Waals surface area contributed by atoms with E-state index in [2.05, 4.69) is 43.3 Å². The van der Waals surface area contributed by atoms with E-state index in [4.69, 9.17) is 14.5 Å². The van der Waals surface area contributed by atoms with Crippen molar-refractivity contribution in [2.45, 2.75) is 39.5 Å². The molecule has 5 aromatic rings. The number of aromatic nitrogens is 3. The minimum absolute atomic E-state index is 0.0207. The Balaban J connectivity index is 1.29. The first-order valence-electron chi connectivity index (χ1n) is 11.5. The molecule has 1 aliphatic rings. The number of thiazole rings is 1. The van der Waals surface area contributed by atoms with Crippen molar-refractivity contribution < 1.29 is 9.32 Å². The molecule has 1 aliphatic heterocycles. The molecule has 0 aliphatic carbocycles. The van der Waals surface area contributed by atoms with E-state index in [1.165, 1.54) is 19.5 Å². The molecule has 1 amide bonds. The van der Waals surface area contributed by atoms with Gasteiger partial charge in [-0.15, -0.1) is 22.7 Å². The maximum atomic E-state index is 13.7. The van der Waals surface area contributed by atoms with Gasteiger partial charge in [-0.25, -0.2) is 9.97 Å². The minimum atomic E-state index is 0.0207. The number of nitrogens with zero attached hydrogens (tertiary/aromatic N) is 4. The summed E-state index contributed by atoms with van der Waals surface area (Å²) in [5.74, 6) is 0.413. The van der Waals surface area contributed by atoms with Gasteiger partial charge in [-0.05, 0) is 57.9 Å². The van der Waals surface area contributed by atoms with Crippen molar-refractivity contribution in [2.24, 2.45) is 0 Å². The number of rotatable bonds is 3. The van der Waals surface area contributed by atoms with E-state index in [1.54, 1.807) is 22.7 Å². The summed E-state index contributed by atoms with van der Waals surface area (Å²) in [6.07, 6.45) is 1.83. The van der Waals surface area contributed by atoms with Gasteiger partial charge in [0.05, 0.1) is 37.6 Å². The van der Waals surface area contributed by atoms with Crippen molar-refractivity contribution >= 4 is 49.9 Å². The molecule has 6 rings (SSSR count). The Morgan fingerprint density at radius 2 is 1.85 bits per heavy atom. The Hall–Kier alpha value is -3.10. The predicted molar refractivity (Wildman–Crippen MR) is 137 cm³/mol. The number of carbonyl (C=O) groups excluding carboxylic acids is 1. The molecule has 34 heavy (non-hydrogen) atoms. The van der Waals surface area contributed by atoms with Gasteiger partial charge >= 0.3 is 0 Å². The average Bonchev–Trinajstić information content (AvgIpc) is 3.54. The third kappa shape index (κ3) is 3.61. The topological polar surface area (TPSA) is 72.1 Å². The molecule has 1 fully saturated rings. The number of pyridine rings is 1. The highest BCUT2D eigenvalue weighted by molar-refractivity contribution is 7.18. The molecular formula is C26H24N4O2S2. The van der Waals surface area contributed by atoms with Gasteiger partial charge in [0.2, 0.25) is 0 Å². The summed E-state index contributed by atoms with van der Waals surface area (Å²) in [5, 5.41) is 6.00. The first-order chi connectivity index (χ1) is 16.5. The van der Waals surface area contributed by atoms with E-state index in [-0.39, 0.29) is 5.91 Å². The van der Waals surface area contributed by atoms with Crippen molar-refractivity contribution in [1.82, 2.24) is 20.0 Å². The molecule has 0 atom stereocenters. The first kappa shape index (κ1) is 21.4. The van der Waals surface area contributed by atoms with Crippen LogP contribution in [-0.4, -0.2) is 39.0 Å². The lowest BCUT2D eigenvalue weighted by Gasteiger charge is -2.31. The zero-order valence-corrected chi connectivity index (χ0v) is 20.9. The maximum absolute atomic E-state index is 13.7. The van der Waals surface area contributed by atoms with Crippen LogP contribution < -0.4 is 0 Å². The number of carbonyl (C=O) groups is 1. The Bertz CT molecular complexity index is 1510. The van der Waals surface area contributed by atoms with E-state index < -0.39 is 0 Å². The highest BCUT2D eigenvalue weighted by Gasteiger charge is 2.29. The van der Waals surface area contributed by atoms with Gasteiger partial charge < -0.3 is 9.42 Å². The summed E-state index contributed by atoms with van der Waals surface area (Å²) in [6, 6.07) is 12.3. The third-order valence-corrected chi connectivity index (χ3v) is 8.77. The number of benzene rings is 1. The van der Waals surface area contributed by atoms with Crippen LogP contribution >= 0.6 is 22.7 Å². The molecule has 1 aromatic carbocycles. The van der Waals surface area contributed by atoms with Crippen LogP contribution in [-0.2, 0) is 0 Å². The molecule has 1 saturated heterocycles. The van der Waals surface area contributed by atoms with E-state index >= 15 is 0 Å². The molecular weight excluding hydrogens is 464 g/mol. The fraction of sp³-hybridized carbons (Fsp3) is 0.308. The van der Waals surface area contributed by atoms with Gasteiger partial charge in [0, 0.05) is 34.3 Å². The van der Waals surface area contributed by atoms with Crippen molar-refractivity contribution in [3.63, 3.8) is 0 Å². The average molecular weight is 489 g/mol. The van der Waals surface area contributed by atoms with Crippen LogP contribution in [0.4, 0.5) is 0 Å². The summed E-state index contributed by atoms with van der Waals surface area (Å²) in [4.78, 5) is 27.6. The zero-order valence-electron chi connectivity index (χ0n) is 19.3. The van der Waals surface area contributed by atoms with Gasteiger partial charge in [0.15, 0.2) is 0 Å². The molecule has 8 heteroatoms. The lowest BCUT2D eigenvalue weighted by atomic mass is 9.96. The highest BCUT2D eigenvalue weighted by atomic mass is 32.1. The summed E-state index contributed by atoms with van der Waals surface area (Å²) in [6.45, 7) is 7.45. The van der Waals surface area contributed by atoms with Crippen molar-refractivity contribution in [3.05, 3.63) is 62.4 Å². The lowest BCUT2D eigenvalue weighted by Crippen LogP contribution is -2.38. The lowest BCUT2D eigenvalue weighted by molar-refractivity contribution is 0.0715. The molecule has 172 valence electrons. The predicted octanol–water partition coefficient (Wildman–Crippen LogP) is 6.51. The minimum Gasteiger partial charge on any atom is -0.339 e. The number of amides is 1. The Morgan fingerprint density at radius 3 is 2.59 bits per heavy atom. The highest BCUT2D eigenvalue weighted by Crippen LogP contribution is 2.36. The largest absolute Gasteiger partial charge is 0.339 e. The summed E-state index contributed by atoms with van der Waals surface area (Å²) < 4.78 is 6.73. The number of likely N-dealkylation sites (tertiary alicyclic amines) is 1. The summed E-state index contributed by atoms with van der Waals surface area (Å²) in [7, 11) is 0. The number of thiophene rings is 1. The van der Waals surface area contributed by atoms with Crippen molar-refractivity contribution in [3.8, 4) is 11.3 Å². The summed E-state index contributed by atoms with van der Waals surface area (Å²) >= 11 is 3.51. The Morgan fingerprint density at radius 1 is 1.06 bits per heavy atom. The van der Waals surface area contributed by atoms with E-state index in [0.29, 0.717) is 41.4 Å². The zero-order chi connectivity index (χ0) is 23.4. The molecule has 4 aromatic heterocycles. The SMILES string of the molecule is Cc1cc(-c2cc(C(=O)N3CCC(c4nc5ccccc5s4)CC3)c3c(C)noc3n2)c(C)s1.